The minimum atomic E-state index is 0. The second-order valence-electron chi connectivity index (χ2n) is 7.79. The fourth-order valence-electron chi connectivity index (χ4n) is 3.77. The van der Waals surface area contributed by atoms with E-state index in [0.717, 1.165) is 42.0 Å². The molecule has 2 heterocycles. The first-order valence-electron chi connectivity index (χ1n) is 10.8. The minimum absolute atomic E-state index is 0. The topological polar surface area (TPSA) is 43.2 Å². The Labute approximate surface area is 195 Å². The maximum atomic E-state index is 6.02. The van der Waals surface area contributed by atoms with Crippen LogP contribution in [0.25, 0.3) is 0 Å². The Kier molecular flexibility index (Phi) is 9.25. The van der Waals surface area contributed by atoms with Gasteiger partial charge < -0.3 is 14.2 Å². The van der Waals surface area contributed by atoms with Gasteiger partial charge in [-0.25, -0.2) is 0 Å². The fraction of sp³-hybridized carbons (Fsp3) is 0.417. The molecule has 1 aromatic heterocycles. The van der Waals surface area contributed by atoms with Crippen molar-refractivity contribution in [2.45, 2.75) is 44.5 Å². The number of hydrogen-bond acceptors (Lipinski definition) is 5. The van der Waals surface area contributed by atoms with E-state index in [9.17, 15) is 0 Å². The van der Waals surface area contributed by atoms with Crippen LogP contribution in [0.15, 0.2) is 59.8 Å². The molecule has 166 valence electrons. The first-order chi connectivity index (χ1) is 14.8. The van der Waals surface area contributed by atoms with Crippen molar-refractivity contribution in [1.29, 1.82) is 0 Å². The molecule has 0 N–H and O–H groups in total. The molecule has 0 aliphatic carbocycles. The van der Waals surface area contributed by atoms with Gasteiger partial charge in [-0.2, -0.15) is 0 Å². The molecule has 1 fully saturated rings. The number of aryl methyl sites for hydroxylation is 2. The van der Waals surface area contributed by atoms with Crippen LogP contribution >= 0.6 is 24.2 Å². The standard InChI is InChI=1S/C24H30N4OS.ClH/c1-20-8-7-11-22(18-20)29-19-23-25-26-24(30-17-16-27-13-5-6-14-27)28(23)15-12-21-9-3-2-4-10-21;/h2-4,7-11,18H,5-6,12-17,19H2,1H3;1H. The molecule has 0 bridgehead atoms. The van der Waals surface area contributed by atoms with Crippen molar-refractivity contribution in [3.63, 3.8) is 0 Å². The Morgan fingerprint density at radius 3 is 2.55 bits per heavy atom. The summed E-state index contributed by atoms with van der Waals surface area (Å²) in [5, 5.41) is 9.96. The van der Waals surface area contributed by atoms with Crippen LogP contribution in [0.5, 0.6) is 5.75 Å². The van der Waals surface area contributed by atoms with Crippen LogP contribution in [-0.2, 0) is 19.6 Å². The normalized spacial score (nSPS) is 13.8. The van der Waals surface area contributed by atoms with Gasteiger partial charge in [-0.3, -0.25) is 0 Å². The van der Waals surface area contributed by atoms with E-state index in [4.69, 9.17) is 4.74 Å². The van der Waals surface area contributed by atoms with Gasteiger partial charge in [0.15, 0.2) is 11.0 Å². The molecule has 5 nitrogen and oxygen atoms in total. The summed E-state index contributed by atoms with van der Waals surface area (Å²) in [5.74, 6) is 2.80. The number of thioether (sulfide) groups is 1. The molecule has 3 aromatic rings. The number of likely N-dealkylation sites (tertiary alicyclic amines) is 1. The Hall–Kier alpha value is -2.02. The quantitative estimate of drug-likeness (QED) is 0.399. The van der Waals surface area contributed by atoms with E-state index in [-0.39, 0.29) is 12.4 Å². The molecule has 1 aliphatic heterocycles. The predicted molar refractivity (Wildman–Crippen MR) is 129 cm³/mol. The monoisotopic (exact) mass is 458 g/mol. The number of halogens is 1. The van der Waals surface area contributed by atoms with E-state index < -0.39 is 0 Å². The lowest BCUT2D eigenvalue weighted by Gasteiger charge is -2.14. The van der Waals surface area contributed by atoms with E-state index in [1.54, 1.807) is 11.8 Å². The molecule has 0 spiro atoms. The smallest absolute Gasteiger partial charge is 0.191 e. The minimum Gasteiger partial charge on any atom is -0.486 e. The van der Waals surface area contributed by atoms with Crippen LogP contribution in [0.3, 0.4) is 0 Å². The highest BCUT2D eigenvalue weighted by Gasteiger charge is 2.15. The second-order valence-corrected chi connectivity index (χ2v) is 8.85. The summed E-state index contributed by atoms with van der Waals surface area (Å²) in [5.41, 5.74) is 2.51. The summed E-state index contributed by atoms with van der Waals surface area (Å²) in [6.45, 7) is 6.94. The number of aromatic nitrogens is 3. The Bertz CT molecular complexity index is 928. The molecule has 0 amide bonds. The van der Waals surface area contributed by atoms with Crippen molar-refractivity contribution in [2.24, 2.45) is 0 Å². The van der Waals surface area contributed by atoms with Gasteiger partial charge in [-0.05, 0) is 62.5 Å². The van der Waals surface area contributed by atoms with Crippen LogP contribution in [0.2, 0.25) is 0 Å². The third kappa shape index (κ3) is 6.99. The average molecular weight is 459 g/mol. The molecule has 4 rings (SSSR count). The van der Waals surface area contributed by atoms with Gasteiger partial charge in [-0.15, -0.1) is 22.6 Å². The lowest BCUT2D eigenvalue weighted by molar-refractivity contribution is 0.287. The molecule has 1 saturated heterocycles. The zero-order chi connectivity index (χ0) is 20.6. The fourth-order valence-corrected chi connectivity index (χ4v) is 4.75. The number of hydrogen-bond donors (Lipinski definition) is 0. The van der Waals surface area contributed by atoms with Crippen molar-refractivity contribution in [1.82, 2.24) is 19.7 Å². The first-order valence-corrected chi connectivity index (χ1v) is 11.8. The Morgan fingerprint density at radius 2 is 1.77 bits per heavy atom. The van der Waals surface area contributed by atoms with Gasteiger partial charge in [-0.1, -0.05) is 54.2 Å². The highest BCUT2D eigenvalue weighted by atomic mass is 35.5. The SMILES string of the molecule is Cc1cccc(OCc2nnc(SCCN3CCCC3)n2CCc2ccccc2)c1.Cl. The molecule has 2 aromatic carbocycles. The molecule has 0 saturated carbocycles. The summed E-state index contributed by atoms with van der Waals surface area (Å²) in [7, 11) is 0. The highest BCUT2D eigenvalue weighted by molar-refractivity contribution is 7.99. The number of rotatable bonds is 10. The lowest BCUT2D eigenvalue weighted by atomic mass is 10.1. The summed E-state index contributed by atoms with van der Waals surface area (Å²) >= 11 is 1.81. The largest absolute Gasteiger partial charge is 0.486 e. The summed E-state index contributed by atoms with van der Waals surface area (Å²) in [6, 6.07) is 18.7. The van der Waals surface area contributed by atoms with E-state index in [0.29, 0.717) is 6.61 Å². The molecular formula is C24H31ClN4OS. The number of benzene rings is 2. The first kappa shape index (κ1) is 23.6. The van der Waals surface area contributed by atoms with Gasteiger partial charge in [0.1, 0.15) is 12.4 Å². The highest BCUT2D eigenvalue weighted by Crippen LogP contribution is 2.21. The zero-order valence-electron chi connectivity index (χ0n) is 18.1. The van der Waals surface area contributed by atoms with Gasteiger partial charge in [0.2, 0.25) is 0 Å². The van der Waals surface area contributed by atoms with Crippen LogP contribution in [0, 0.1) is 6.92 Å². The molecule has 1 aliphatic rings. The van der Waals surface area contributed by atoms with Gasteiger partial charge >= 0.3 is 0 Å². The maximum absolute atomic E-state index is 6.02. The number of ether oxygens (including phenoxy) is 1. The van der Waals surface area contributed by atoms with Crippen LogP contribution in [-0.4, -0.2) is 45.1 Å². The summed E-state index contributed by atoms with van der Waals surface area (Å²) in [4.78, 5) is 2.54. The van der Waals surface area contributed by atoms with Gasteiger partial charge in [0, 0.05) is 18.8 Å². The van der Waals surface area contributed by atoms with Gasteiger partial charge in [0.25, 0.3) is 0 Å². The van der Waals surface area contributed by atoms with Crippen molar-refractivity contribution >= 4 is 24.2 Å². The third-order valence-electron chi connectivity index (χ3n) is 5.46. The average Bonchev–Trinajstić information content (AvgIpc) is 3.42. The van der Waals surface area contributed by atoms with E-state index in [1.807, 2.05) is 12.1 Å². The van der Waals surface area contributed by atoms with Gasteiger partial charge in [0.05, 0.1) is 0 Å². The Morgan fingerprint density at radius 1 is 0.968 bits per heavy atom. The second kappa shape index (κ2) is 12.1. The predicted octanol–water partition coefficient (Wildman–Crippen LogP) is 5.02. The van der Waals surface area contributed by atoms with E-state index >= 15 is 0 Å². The molecule has 0 radical (unpaired) electrons. The molecular weight excluding hydrogens is 428 g/mol. The number of nitrogens with zero attached hydrogens (tertiary/aromatic N) is 4. The third-order valence-corrected chi connectivity index (χ3v) is 6.40. The van der Waals surface area contributed by atoms with E-state index in [1.165, 1.54) is 37.1 Å². The lowest BCUT2D eigenvalue weighted by Crippen LogP contribution is -2.22. The van der Waals surface area contributed by atoms with Crippen LogP contribution in [0.1, 0.15) is 29.8 Å². The van der Waals surface area contributed by atoms with Crippen molar-refractivity contribution in [3.05, 3.63) is 71.5 Å². The molecule has 0 atom stereocenters. The summed E-state index contributed by atoms with van der Waals surface area (Å²) < 4.78 is 8.26. The molecule has 31 heavy (non-hydrogen) atoms. The van der Waals surface area contributed by atoms with Crippen LogP contribution < -0.4 is 4.74 Å². The van der Waals surface area contributed by atoms with Crippen LogP contribution in [0.4, 0.5) is 0 Å². The van der Waals surface area contributed by atoms with Crippen molar-refractivity contribution in [3.8, 4) is 5.75 Å². The zero-order valence-corrected chi connectivity index (χ0v) is 19.7. The Balaban J connectivity index is 0.00000272. The van der Waals surface area contributed by atoms with Crippen molar-refractivity contribution < 1.29 is 4.74 Å². The van der Waals surface area contributed by atoms with Crippen molar-refractivity contribution in [2.75, 3.05) is 25.4 Å². The molecule has 0 unspecified atom stereocenters. The maximum Gasteiger partial charge on any atom is 0.191 e. The van der Waals surface area contributed by atoms with E-state index in [2.05, 4.69) is 69.1 Å². The molecule has 7 heteroatoms. The summed E-state index contributed by atoms with van der Waals surface area (Å²) in [6.07, 6.45) is 3.62.